The van der Waals surface area contributed by atoms with Crippen molar-refractivity contribution in [1.29, 1.82) is 0 Å². The first kappa shape index (κ1) is 13.3. The number of nitrogens with one attached hydrogen (secondary N) is 1. The average molecular weight is 380 g/mol. The zero-order valence-electron chi connectivity index (χ0n) is 10.1. The molecule has 2 fully saturated rings. The molecule has 3 heterocycles. The molecule has 0 saturated carbocycles. The molecule has 104 valence electrons. The lowest BCUT2D eigenvalue weighted by molar-refractivity contribution is -0.175. The van der Waals surface area contributed by atoms with E-state index in [1.165, 1.54) is 10.8 Å². The standard InChI is InChI=1S/C11H13IN2O5/c1-2-11-4-18-6(7(11)15)9(19-11)14-3-5(12)8(16)13-10(14)17/h3,6-7,9,15H,2,4H2,1H3,(H,13,16,17)/t6?,7-,9+,11+/m0/s1. The molecule has 0 aromatic carbocycles. The van der Waals surface area contributed by atoms with Crippen molar-refractivity contribution in [3.63, 3.8) is 0 Å². The number of aliphatic hydroxyl groups is 1. The van der Waals surface area contributed by atoms with Crippen molar-refractivity contribution in [3.05, 3.63) is 30.6 Å². The maximum Gasteiger partial charge on any atom is 0.330 e. The molecule has 4 atom stereocenters. The Morgan fingerprint density at radius 1 is 1.63 bits per heavy atom. The van der Waals surface area contributed by atoms with E-state index in [-0.39, 0.29) is 0 Å². The van der Waals surface area contributed by atoms with E-state index < -0.39 is 35.3 Å². The van der Waals surface area contributed by atoms with Gasteiger partial charge in [0.25, 0.3) is 5.56 Å². The highest BCUT2D eigenvalue weighted by atomic mass is 127. The van der Waals surface area contributed by atoms with Crippen LogP contribution in [0.1, 0.15) is 19.6 Å². The number of fused-ring (bicyclic) bond motifs is 2. The highest BCUT2D eigenvalue weighted by Gasteiger charge is 2.60. The van der Waals surface area contributed by atoms with E-state index in [1.807, 2.05) is 29.5 Å². The van der Waals surface area contributed by atoms with Crippen LogP contribution in [0, 0.1) is 3.57 Å². The van der Waals surface area contributed by atoms with Crippen molar-refractivity contribution in [2.24, 2.45) is 0 Å². The smallest absolute Gasteiger partial charge is 0.330 e. The van der Waals surface area contributed by atoms with Gasteiger partial charge in [0.1, 0.15) is 17.8 Å². The second-order valence-electron chi connectivity index (χ2n) is 4.79. The molecule has 0 radical (unpaired) electrons. The van der Waals surface area contributed by atoms with E-state index in [1.54, 1.807) is 0 Å². The van der Waals surface area contributed by atoms with Crippen molar-refractivity contribution in [2.45, 2.75) is 37.4 Å². The molecule has 7 nitrogen and oxygen atoms in total. The summed E-state index contributed by atoms with van der Waals surface area (Å²) in [6.45, 7) is 2.22. The van der Waals surface area contributed by atoms with Gasteiger partial charge in [-0.05, 0) is 29.0 Å². The summed E-state index contributed by atoms with van der Waals surface area (Å²) in [6.07, 6.45) is -0.0389. The Morgan fingerprint density at radius 2 is 2.37 bits per heavy atom. The van der Waals surface area contributed by atoms with Gasteiger partial charge >= 0.3 is 5.69 Å². The summed E-state index contributed by atoms with van der Waals surface area (Å²) in [5.74, 6) is 0. The largest absolute Gasteiger partial charge is 0.387 e. The minimum Gasteiger partial charge on any atom is -0.387 e. The molecular weight excluding hydrogens is 367 g/mol. The summed E-state index contributed by atoms with van der Waals surface area (Å²) in [7, 11) is 0. The molecule has 1 aromatic rings. The van der Waals surface area contributed by atoms with E-state index in [0.717, 1.165) is 0 Å². The van der Waals surface area contributed by atoms with Gasteiger partial charge in [0, 0.05) is 6.20 Å². The molecule has 0 spiro atoms. The predicted molar refractivity (Wildman–Crippen MR) is 72.9 cm³/mol. The van der Waals surface area contributed by atoms with Crippen LogP contribution in [0.15, 0.2) is 15.8 Å². The number of hydrogen-bond acceptors (Lipinski definition) is 5. The Balaban J connectivity index is 2.04. The number of rotatable bonds is 2. The summed E-state index contributed by atoms with van der Waals surface area (Å²) < 4.78 is 13.0. The lowest BCUT2D eigenvalue weighted by atomic mass is 9.96. The van der Waals surface area contributed by atoms with Gasteiger partial charge in [-0.2, -0.15) is 0 Å². The predicted octanol–water partition coefficient (Wildman–Crippen LogP) is -0.422. The monoisotopic (exact) mass is 380 g/mol. The van der Waals surface area contributed by atoms with E-state index >= 15 is 0 Å². The number of aliphatic hydroxyl groups excluding tert-OH is 1. The summed E-state index contributed by atoms with van der Waals surface area (Å²) in [5.41, 5.74) is -1.75. The van der Waals surface area contributed by atoms with E-state index in [2.05, 4.69) is 4.98 Å². The van der Waals surface area contributed by atoms with Crippen LogP contribution in [0.2, 0.25) is 0 Å². The Labute approximate surface area is 121 Å². The number of aromatic nitrogens is 2. The van der Waals surface area contributed by atoms with E-state index in [4.69, 9.17) is 9.47 Å². The topological polar surface area (TPSA) is 93.6 Å². The van der Waals surface area contributed by atoms with Gasteiger partial charge in [0.15, 0.2) is 6.23 Å². The minimum absolute atomic E-state index is 0.320. The van der Waals surface area contributed by atoms with Gasteiger partial charge in [-0.3, -0.25) is 14.3 Å². The first-order chi connectivity index (χ1) is 8.98. The SMILES string of the molecule is CC[C@]12COC([C@H](n3cc(I)c(=O)[nH]c3=O)O1)[C@@H]2O. The molecule has 1 unspecified atom stereocenters. The number of H-pyrrole nitrogens is 1. The van der Waals surface area contributed by atoms with Crippen LogP contribution < -0.4 is 11.2 Å². The van der Waals surface area contributed by atoms with Crippen molar-refractivity contribution in [3.8, 4) is 0 Å². The molecule has 2 N–H and O–H groups in total. The molecule has 3 rings (SSSR count). The first-order valence-corrected chi connectivity index (χ1v) is 7.05. The Kier molecular flexibility index (Phi) is 3.08. The molecule has 2 aliphatic rings. The summed E-state index contributed by atoms with van der Waals surface area (Å²) in [6, 6.07) is 0. The molecular formula is C11H13IN2O5. The van der Waals surface area contributed by atoms with Gasteiger partial charge in [0.05, 0.1) is 10.2 Å². The summed E-state index contributed by atoms with van der Waals surface area (Å²) in [5, 5.41) is 10.2. The summed E-state index contributed by atoms with van der Waals surface area (Å²) >= 11 is 1.84. The minimum atomic E-state index is -0.765. The lowest BCUT2D eigenvalue weighted by Gasteiger charge is -2.30. The Bertz CT molecular complexity index is 626. The lowest BCUT2D eigenvalue weighted by Crippen LogP contribution is -2.41. The number of aromatic amines is 1. The number of halogens is 1. The number of hydrogen-bond donors (Lipinski definition) is 2. The van der Waals surface area contributed by atoms with E-state index in [0.29, 0.717) is 16.6 Å². The van der Waals surface area contributed by atoms with Gasteiger partial charge in [0.2, 0.25) is 0 Å². The fourth-order valence-electron chi connectivity index (χ4n) is 2.62. The number of ether oxygens (including phenoxy) is 2. The Hall–Kier alpha value is -0.710. The van der Waals surface area contributed by atoms with Gasteiger partial charge in [-0.25, -0.2) is 4.79 Å². The highest BCUT2D eigenvalue weighted by Crippen LogP contribution is 2.46. The molecule has 2 bridgehead atoms. The fraction of sp³-hybridized carbons (Fsp3) is 0.636. The van der Waals surface area contributed by atoms with Crippen LogP contribution in [0.4, 0.5) is 0 Å². The second kappa shape index (κ2) is 4.40. The third-order valence-corrected chi connectivity index (χ3v) is 4.57. The molecule has 19 heavy (non-hydrogen) atoms. The van der Waals surface area contributed by atoms with Crippen LogP contribution in [-0.4, -0.2) is 39.1 Å². The zero-order valence-corrected chi connectivity index (χ0v) is 12.3. The summed E-state index contributed by atoms with van der Waals surface area (Å²) in [4.78, 5) is 25.4. The number of nitrogens with zero attached hydrogens (tertiary/aromatic N) is 1. The third-order valence-electron chi connectivity index (χ3n) is 3.80. The van der Waals surface area contributed by atoms with Crippen molar-refractivity contribution < 1.29 is 14.6 Å². The van der Waals surface area contributed by atoms with Crippen LogP contribution in [0.5, 0.6) is 0 Å². The highest BCUT2D eigenvalue weighted by molar-refractivity contribution is 14.1. The molecule has 0 aliphatic carbocycles. The fourth-order valence-corrected chi connectivity index (χ4v) is 3.06. The van der Waals surface area contributed by atoms with Crippen molar-refractivity contribution >= 4 is 22.6 Å². The zero-order chi connectivity index (χ0) is 13.8. The van der Waals surface area contributed by atoms with Crippen LogP contribution in [-0.2, 0) is 9.47 Å². The molecule has 8 heteroatoms. The average Bonchev–Trinajstić information content (AvgIpc) is 2.85. The van der Waals surface area contributed by atoms with Gasteiger partial charge < -0.3 is 14.6 Å². The third kappa shape index (κ3) is 1.81. The Morgan fingerprint density at radius 3 is 3.00 bits per heavy atom. The molecule has 0 amide bonds. The van der Waals surface area contributed by atoms with Crippen LogP contribution >= 0.6 is 22.6 Å². The molecule has 1 aromatic heterocycles. The maximum absolute atomic E-state index is 11.8. The van der Waals surface area contributed by atoms with Crippen molar-refractivity contribution in [2.75, 3.05) is 6.61 Å². The maximum atomic E-state index is 11.8. The van der Waals surface area contributed by atoms with Gasteiger partial charge in [-0.1, -0.05) is 6.92 Å². The second-order valence-corrected chi connectivity index (χ2v) is 5.95. The normalized spacial score (nSPS) is 36.9. The quantitative estimate of drug-likeness (QED) is 0.680. The molecule has 2 aliphatic heterocycles. The van der Waals surface area contributed by atoms with E-state index in [9.17, 15) is 14.7 Å². The first-order valence-electron chi connectivity index (χ1n) is 5.97. The molecule has 2 saturated heterocycles. The van der Waals surface area contributed by atoms with Crippen molar-refractivity contribution in [1.82, 2.24) is 9.55 Å². The van der Waals surface area contributed by atoms with Crippen LogP contribution in [0.3, 0.4) is 0 Å². The van der Waals surface area contributed by atoms with Gasteiger partial charge in [-0.15, -0.1) is 0 Å². The van der Waals surface area contributed by atoms with Crippen LogP contribution in [0.25, 0.3) is 0 Å².